The van der Waals surface area contributed by atoms with Gasteiger partial charge >= 0.3 is 0 Å². The number of ether oxygens (including phenoxy) is 2. The Hall–Kier alpha value is -3.64. The zero-order valence-corrected chi connectivity index (χ0v) is 19.7. The number of hydrogen-bond acceptors (Lipinski definition) is 4. The highest BCUT2D eigenvalue weighted by Gasteiger charge is 2.15. The Balaban J connectivity index is 1.37. The molecule has 0 heterocycles. The van der Waals surface area contributed by atoms with E-state index in [9.17, 15) is 4.79 Å². The van der Waals surface area contributed by atoms with Gasteiger partial charge in [-0.2, -0.15) is 5.10 Å². The fourth-order valence-electron chi connectivity index (χ4n) is 3.31. The lowest BCUT2D eigenvalue weighted by Crippen LogP contribution is -2.33. The molecule has 33 heavy (non-hydrogen) atoms. The van der Waals surface area contributed by atoms with Crippen molar-refractivity contribution < 1.29 is 14.3 Å². The number of para-hydroxylation sites is 1. The van der Waals surface area contributed by atoms with Gasteiger partial charge in [0.05, 0.1) is 6.21 Å². The maximum absolute atomic E-state index is 12.5. The Morgan fingerprint density at radius 1 is 0.970 bits per heavy atom. The summed E-state index contributed by atoms with van der Waals surface area (Å²) in [7, 11) is 0. The quantitative estimate of drug-likeness (QED) is 0.234. The molecule has 4 aromatic rings. The van der Waals surface area contributed by atoms with Crippen LogP contribution in [0, 0.1) is 0 Å². The third-order valence-corrected chi connectivity index (χ3v) is 5.50. The first kappa shape index (κ1) is 22.6. The highest BCUT2D eigenvalue weighted by Crippen LogP contribution is 2.26. The summed E-state index contributed by atoms with van der Waals surface area (Å²) < 4.78 is 12.9. The summed E-state index contributed by atoms with van der Waals surface area (Å²) in [5, 5.41) is 6.12. The molecule has 0 aliphatic rings. The van der Waals surface area contributed by atoms with E-state index >= 15 is 0 Å². The van der Waals surface area contributed by atoms with Crippen LogP contribution < -0.4 is 14.9 Å². The molecule has 6 heteroatoms. The fraction of sp³-hybridized carbons (Fsp3) is 0.111. The van der Waals surface area contributed by atoms with Gasteiger partial charge in [0, 0.05) is 15.4 Å². The molecule has 1 amide bonds. The number of hydrazone groups is 1. The Labute approximate surface area is 201 Å². The molecule has 4 rings (SSSR count). The van der Waals surface area contributed by atoms with Crippen LogP contribution in [-0.2, 0) is 11.4 Å². The van der Waals surface area contributed by atoms with Gasteiger partial charge in [0.15, 0.2) is 6.10 Å². The molecule has 0 radical (unpaired) electrons. The van der Waals surface area contributed by atoms with Gasteiger partial charge in [-0.15, -0.1) is 0 Å². The predicted molar refractivity (Wildman–Crippen MR) is 135 cm³/mol. The number of benzene rings is 4. The van der Waals surface area contributed by atoms with Crippen LogP contribution in [0.5, 0.6) is 11.5 Å². The van der Waals surface area contributed by atoms with Crippen LogP contribution in [0.4, 0.5) is 0 Å². The summed E-state index contributed by atoms with van der Waals surface area (Å²) in [6, 6.07) is 29.1. The predicted octanol–water partition coefficient (Wildman–Crippen LogP) is 6.10. The molecule has 0 fully saturated rings. The SMILES string of the molecule is CC(Oc1cccc2ccccc12)C(=O)NN=Cc1ccccc1OCc1cccc(Br)c1. The van der Waals surface area contributed by atoms with E-state index < -0.39 is 6.10 Å². The number of carbonyl (C=O) groups is 1. The number of halogens is 1. The van der Waals surface area contributed by atoms with Crippen molar-refractivity contribution >= 4 is 38.8 Å². The van der Waals surface area contributed by atoms with E-state index in [1.807, 2.05) is 91.0 Å². The smallest absolute Gasteiger partial charge is 0.280 e. The van der Waals surface area contributed by atoms with Gasteiger partial charge in [-0.05, 0) is 48.2 Å². The van der Waals surface area contributed by atoms with Crippen LogP contribution in [0.25, 0.3) is 10.8 Å². The van der Waals surface area contributed by atoms with Crippen LogP contribution in [0.15, 0.2) is 101 Å². The summed E-state index contributed by atoms with van der Waals surface area (Å²) in [6.07, 6.45) is 0.856. The molecule has 5 nitrogen and oxygen atoms in total. The van der Waals surface area contributed by atoms with Crippen LogP contribution in [0.1, 0.15) is 18.1 Å². The zero-order valence-electron chi connectivity index (χ0n) is 18.1. The highest BCUT2D eigenvalue weighted by atomic mass is 79.9. The third kappa shape index (κ3) is 5.99. The average molecular weight is 503 g/mol. The number of hydrogen-bond donors (Lipinski definition) is 1. The molecule has 1 atom stereocenters. The molecule has 0 bridgehead atoms. The summed E-state index contributed by atoms with van der Waals surface area (Å²) in [5.41, 5.74) is 4.36. The summed E-state index contributed by atoms with van der Waals surface area (Å²) >= 11 is 3.47. The number of amides is 1. The molecule has 0 spiro atoms. The minimum atomic E-state index is -0.712. The zero-order chi connectivity index (χ0) is 23.0. The topological polar surface area (TPSA) is 59.9 Å². The Morgan fingerprint density at radius 3 is 2.58 bits per heavy atom. The average Bonchev–Trinajstić information content (AvgIpc) is 2.83. The van der Waals surface area contributed by atoms with E-state index in [2.05, 4.69) is 26.5 Å². The largest absolute Gasteiger partial charge is 0.488 e. The van der Waals surface area contributed by atoms with E-state index in [0.717, 1.165) is 26.4 Å². The minimum absolute atomic E-state index is 0.341. The molecule has 0 aliphatic heterocycles. The highest BCUT2D eigenvalue weighted by molar-refractivity contribution is 9.10. The van der Waals surface area contributed by atoms with Crippen LogP contribution in [0.2, 0.25) is 0 Å². The van der Waals surface area contributed by atoms with Crippen LogP contribution >= 0.6 is 15.9 Å². The standard InChI is InChI=1S/C27H23BrN2O3/c1-19(33-26-15-7-11-21-9-2-4-13-24(21)26)27(31)30-29-17-22-10-3-5-14-25(22)32-18-20-8-6-12-23(28)16-20/h2-17,19H,18H2,1H3,(H,30,31). The van der Waals surface area contributed by atoms with E-state index in [1.165, 1.54) is 0 Å². The molecule has 1 N–H and O–H groups in total. The Bertz CT molecular complexity index is 1280. The van der Waals surface area contributed by atoms with E-state index in [0.29, 0.717) is 18.1 Å². The molecule has 4 aromatic carbocycles. The van der Waals surface area contributed by atoms with Gasteiger partial charge < -0.3 is 9.47 Å². The summed E-state index contributed by atoms with van der Waals surface area (Å²) in [5.74, 6) is 0.994. The van der Waals surface area contributed by atoms with Gasteiger partial charge in [0.2, 0.25) is 0 Å². The molecule has 0 aromatic heterocycles. The van der Waals surface area contributed by atoms with Gasteiger partial charge in [0.1, 0.15) is 18.1 Å². The van der Waals surface area contributed by atoms with Crippen LogP contribution in [0.3, 0.4) is 0 Å². The first-order chi connectivity index (χ1) is 16.1. The summed E-state index contributed by atoms with van der Waals surface area (Å²) in [4.78, 5) is 12.5. The Morgan fingerprint density at radius 2 is 1.70 bits per heavy atom. The van der Waals surface area contributed by atoms with Crippen molar-refractivity contribution in [2.45, 2.75) is 19.6 Å². The van der Waals surface area contributed by atoms with Crippen molar-refractivity contribution in [3.8, 4) is 11.5 Å². The van der Waals surface area contributed by atoms with E-state index in [4.69, 9.17) is 9.47 Å². The lowest BCUT2D eigenvalue weighted by atomic mass is 10.1. The molecular weight excluding hydrogens is 480 g/mol. The molecule has 0 aliphatic carbocycles. The second-order valence-corrected chi connectivity index (χ2v) is 8.34. The second-order valence-electron chi connectivity index (χ2n) is 7.43. The molecular formula is C27H23BrN2O3. The normalized spacial score (nSPS) is 11.9. The molecule has 1 unspecified atom stereocenters. The lowest BCUT2D eigenvalue weighted by Gasteiger charge is -2.15. The number of rotatable bonds is 8. The van der Waals surface area contributed by atoms with Crippen molar-refractivity contribution in [2.24, 2.45) is 5.10 Å². The van der Waals surface area contributed by atoms with Gasteiger partial charge in [-0.3, -0.25) is 4.79 Å². The number of nitrogens with zero attached hydrogens (tertiary/aromatic N) is 1. The van der Waals surface area contributed by atoms with Gasteiger partial charge in [-0.25, -0.2) is 5.43 Å². The maximum Gasteiger partial charge on any atom is 0.280 e. The second kappa shape index (κ2) is 10.8. The summed E-state index contributed by atoms with van der Waals surface area (Å²) in [6.45, 7) is 2.12. The number of fused-ring (bicyclic) bond motifs is 1. The number of carbonyl (C=O) groups excluding carboxylic acids is 1. The first-order valence-electron chi connectivity index (χ1n) is 10.5. The van der Waals surface area contributed by atoms with Crippen molar-refractivity contribution in [1.82, 2.24) is 5.43 Å². The molecule has 0 saturated heterocycles. The lowest BCUT2D eigenvalue weighted by molar-refractivity contribution is -0.127. The fourth-order valence-corrected chi connectivity index (χ4v) is 3.75. The Kier molecular flexibility index (Phi) is 7.37. The first-order valence-corrected chi connectivity index (χ1v) is 11.3. The van der Waals surface area contributed by atoms with Crippen molar-refractivity contribution in [2.75, 3.05) is 0 Å². The van der Waals surface area contributed by atoms with Gasteiger partial charge in [0.25, 0.3) is 5.91 Å². The van der Waals surface area contributed by atoms with Crippen molar-refractivity contribution in [3.63, 3.8) is 0 Å². The van der Waals surface area contributed by atoms with E-state index in [1.54, 1.807) is 13.1 Å². The third-order valence-electron chi connectivity index (χ3n) is 5.00. The monoisotopic (exact) mass is 502 g/mol. The minimum Gasteiger partial charge on any atom is -0.488 e. The molecule has 0 saturated carbocycles. The van der Waals surface area contributed by atoms with Gasteiger partial charge in [-0.1, -0.05) is 76.6 Å². The van der Waals surface area contributed by atoms with Crippen molar-refractivity contribution in [3.05, 3.63) is 107 Å². The maximum atomic E-state index is 12.5. The molecule has 166 valence electrons. The van der Waals surface area contributed by atoms with Crippen LogP contribution in [-0.4, -0.2) is 18.2 Å². The number of nitrogens with one attached hydrogen (secondary N) is 1. The van der Waals surface area contributed by atoms with Crippen molar-refractivity contribution in [1.29, 1.82) is 0 Å². The van der Waals surface area contributed by atoms with E-state index in [-0.39, 0.29) is 5.91 Å².